The van der Waals surface area contributed by atoms with Crippen molar-refractivity contribution in [3.8, 4) is 11.5 Å². The van der Waals surface area contributed by atoms with E-state index in [9.17, 15) is 4.79 Å². The first-order valence-corrected chi connectivity index (χ1v) is 9.41. The van der Waals surface area contributed by atoms with Crippen molar-refractivity contribution in [2.24, 2.45) is 5.92 Å². The number of fused-ring (bicyclic) bond motifs is 2. The van der Waals surface area contributed by atoms with Crippen LogP contribution in [0.1, 0.15) is 44.1 Å². The molecule has 2 N–H and O–H groups in total. The molecule has 5 heteroatoms. The molecule has 0 aromatic heterocycles. The Morgan fingerprint density at radius 1 is 1.16 bits per heavy atom. The van der Waals surface area contributed by atoms with Gasteiger partial charge in [-0.25, -0.2) is 0 Å². The van der Waals surface area contributed by atoms with Crippen molar-refractivity contribution in [2.45, 2.75) is 57.0 Å². The molecule has 2 aliphatic heterocycles. The van der Waals surface area contributed by atoms with Gasteiger partial charge in [0, 0.05) is 25.0 Å². The molecule has 138 valence electrons. The molecule has 3 rings (SSSR count). The molecule has 0 aliphatic carbocycles. The predicted molar refractivity (Wildman–Crippen MR) is 98.2 cm³/mol. The average Bonchev–Trinajstić information content (AvgIpc) is 2.96. The molecular weight excluding hydrogens is 316 g/mol. The van der Waals surface area contributed by atoms with E-state index in [1.54, 1.807) is 14.2 Å². The highest BCUT2D eigenvalue weighted by molar-refractivity contribution is 5.76. The normalized spacial score (nSPS) is 24.8. The van der Waals surface area contributed by atoms with Crippen LogP contribution < -0.4 is 20.1 Å². The van der Waals surface area contributed by atoms with E-state index in [1.165, 1.54) is 18.4 Å². The number of amides is 1. The standard InChI is InChI=1S/C20H30N2O3/c1-24-18-8-5-14(12-19(18)25-2)4-3-9-21-20(23)13-15-10-16-6-7-17(11-15)22-16/h5,8,12,15-17,22H,3-4,6-7,9-11,13H2,1-2H3,(H,21,23). The highest BCUT2D eigenvalue weighted by Crippen LogP contribution is 2.32. The highest BCUT2D eigenvalue weighted by Gasteiger charge is 2.34. The summed E-state index contributed by atoms with van der Waals surface area (Å²) in [5.41, 5.74) is 1.20. The number of carbonyl (C=O) groups excluding carboxylic acids is 1. The Morgan fingerprint density at radius 3 is 2.56 bits per heavy atom. The van der Waals surface area contributed by atoms with Crippen molar-refractivity contribution in [1.29, 1.82) is 0 Å². The van der Waals surface area contributed by atoms with E-state index in [0.29, 0.717) is 24.4 Å². The Hall–Kier alpha value is -1.75. The number of hydrogen-bond donors (Lipinski definition) is 2. The van der Waals surface area contributed by atoms with Crippen LogP contribution >= 0.6 is 0 Å². The zero-order chi connectivity index (χ0) is 17.6. The number of ether oxygens (including phenoxy) is 2. The molecule has 2 heterocycles. The summed E-state index contributed by atoms with van der Waals surface area (Å²) in [4.78, 5) is 12.2. The Kier molecular flexibility index (Phi) is 6.19. The van der Waals surface area contributed by atoms with Crippen molar-refractivity contribution < 1.29 is 14.3 Å². The summed E-state index contributed by atoms with van der Waals surface area (Å²) < 4.78 is 10.6. The zero-order valence-corrected chi connectivity index (χ0v) is 15.3. The first-order valence-electron chi connectivity index (χ1n) is 9.41. The van der Waals surface area contributed by atoms with Gasteiger partial charge >= 0.3 is 0 Å². The average molecular weight is 346 g/mol. The lowest BCUT2D eigenvalue weighted by atomic mass is 9.89. The molecule has 0 saturated carbocycles. The monoisotopic (exact) mass is 346 g/mol. The quantitative estimate of drug-likeness (QED) is 0.711. The Balaban J connectivity index is 1.36. The van der Waals surface area contributed by atoms with Gasteiger partial charge in [0.15, 0.2) is 11.5 Å². The second-order valence-corrected chi connectivity index (χ2v) is 7.32. The van der Waals surface area contributed by atoms with Gasteiger partial charge in [-0.15, -0.1) is 0 Å². The van der Waals surface area contributed by atoms with Crippen LogP contribution in [-0.4, -0.2) is 38.8 Å². The van der Waals surface area contributed by atoms with E-state index in [-0.39, 0.29) is 5.91 Å². The maximum Gasteiger partial charge on any atom is 0.220 e. The molecule has 0 spiro atoms. The molecule has 1 aromatic rings. The third-order valence-electron chi connectivity index (χ3n) is 5.46. The van der Waals surface area contributed by atoms with Crippen LogP contribution in [0.5, 0.6) is 11.5 Å². The number of methoxy groups -OCH3 is 2. The summed E-state index contributed by atoms with van der Waals surface area (Å²) in [6, 6.07) is 7.29. The van der Waals surface area contributed by atoms with E-state index in [2.05, 4.69) is 10.6 Å². The molecule has 5 nitrogen and oxygen atoms in total. The van der Waals surface area contributed by atoms with Gasteiger partial charge in [-0.1, -0.05) is 6.07 Å². The first kappa shape index (κ1) is 18.1. The Bertz CT molecular complexity index is 578. The van der Waals surface area contributed by atoms with Crippen LogP contribution in [0.25, 0.3) is 0 Å². The number of carbonyl (C=O) groups is 1. The maximum absolute atomic E-state index is 12.2. The molecule has 2 fully saturated rings. The summed E-state index contributed by atoms with van der Waals surface area (Å²) in [6.07, 6.45) is 7.43. The lowest BCUT2D eigenvalue weighted by Gasteiger charge is -2.28. The van der Waals surface area contributed by atoms with Gasteiger partial charge < -0.3 is 20.1 Å². The maximum atomic E-state index is 12.2. The fourth-order valence-corrected chi connectivity index (χ4v) is 4.23. The number of piperidine rings is 1. The van der Waals surface area contributed by atoms with Crippen LogP contribution in [0.4, 0.5) is 0 Å². The van der Waals surface area contributed by atoms with E-state index in [0.717, 1.165) is 43.7 Å². The zero-order valence-electron chi connectivity index (χ0n) is 15.3. The van der Waals surface area contributed by atoms with Crippen LogP contribution in [0, 0.1) is 5.92 Å². The molecular formula is C20H30N2O3. The number of aryl methyl sites for hydroxylation is 1. The van der Waals surface area contributed by atoms with Crippen LogP contribution in [0.3, 0.4) is 0 Å². The topological polar surface area (TPSA) is 59.6 Å². The molecule has 0 radical (unpaired) electrons. The van der Waals surface area contributed by atoms with Crippen molar-refractivity contribution in [3.05, 3.63) is 23.8 Å². The summed E-state index contributed by atoms with van der Waals surface area (Å²) >= 11 is 0. The second-order valence-electron chi connectivity index (χ2n) is 7.32. The van der Waals surface area contributed by atoms with Crippen molar-refractivity contribution >= 4 is 5.91 Å². The smallest absolute Gasteiger partial charge is 0.220 e. The Labute approximate surface area is 150 Å². The largest absolute Gasteiger partial charge is 0.493 e. The third kappa shape index (κ3) is 4.88. The lowest BCUT2D eigenvalue weighted by Crippen LogP contribution is -2.39. The number of rotatable bonds is 8. The fourth-order valence-electron chi connectivity index (χ4n) is 4.23. The van der Waals surface area contributed by atoms with Crippen molar-refractivity contribution in [3.63, 3.8) is 0 Å². The minimum Gasteiger partial charge on any atom is -0.493 e. The molecule has 2 saturated heterocycles. The molecule has 2 unspecified atom stereocenters. The van der Waals surface area contributed by atoms with Gasteiger partial charge in [-0.3, -0.25) is 4.79 Å². The lowest BCUT2D eigenvalue weighted by molar-refractivity contribution is -0.122. The minimum atomic E-state index is 0.207. The predicted octanol–water partition coefficient (Wildman–Crippen LogP) is 2.67. The summed E-state index contributed by atoms with van der Waals surface area (Å²) in [6.45, 7) is 0.727. The van der Waals surface area contributed by atoms with Crippen molar-refractivity contribution in [1.82, 2.24) is 10.6 Å². The SMILES string of the molecule is COc1ccc(CCCNC(=O)CC2CC3CCC(C2)N3)cc1OC. The highest BCUT2D eigenvalue weighted by atomic mass is 16.5. The number of benzene rings is 1. The molecule has 25 heavy (non-hydrogen) atoms. The van der Waals surface area contributed by atoms with Gasteiger partial charge in [0.25, 0.3) is 0 Å². The van der Waals surface area contributed by atoms with Crippen molar-refractivity contribution in [2.75, 3.05) is 20.8 Å². The third-order valence-corrected chi connectivity index (χ3v) is 5.46. The van der Waals surface area contributed by atoms with Gasteiger partial charge in [0.2, 0.25) is 5.91 Å². The number of nitrogens with one attached hydrogen (secondary N) is 2. The summed E-state index contributed by atoms with van der Waals surface area (Å²) in [5.74, 6) is 2.27. The Morgan fingerprint density at radius 2 is 1.88 bits per heavy atom. The van der Waals surface area contributed by atoms with Gasteiger partial charge in [-0.2, -0.15) is 0 Å². The molecule has 2 aliphatic rings. The molecule has 1 amide bonds. The molecule has 2 atom stereocenters. The summed E-state index contributed by atoms with van der Waals surface area (Å²) in [5, 5.41) is 6.72. The van der Waals surface area contributed by atoms with Gasteiger partial charge in [-0.05, 0) is 62.1 Å². The fraction of sp³-hybridized carbons (Fsp3) is 0.650. The molecule has 1 aromatic carbocycles. The van der Waals surface area contributed by atoms with E-state index >= 15 is 0 Å². The van der Waals surface area contributed by atoms with E-state index < -0.39 is 0 Å². The van der Waals surface area contributed by atoms with Gasteiger partial charge in [0.1, 0.15) is 0 Å². The molecule has 2 bridgehead atoms. The number of hydrogen-bond acceptors (Lipinski definition) is 4. The van der Waals surface area contributed by atoms with E-state index in [1.807, 2.05) is 18.2 Å². The van der Waals surface area contributed by atoms with Crippen LogP contribution in [0.2, 0.25) is 0 Å². The second kappa shape index (κ2) is 8.56. The van der Waals surface area contributed by atoms with Crippen LogP contribution in [-0.2, 0) is 11.2 Å². The summed E-state index contributed by atoms with van der Waals surface area (Å²) in [7, 11) is 3.29. The van der Waals surface area contributed by atoms with Gasteiger partial charge in [0.05, 0.1) is 14.2 Å². The minimum absolute atomic E-state index is 0.207. The van der Waals surface area contributed by atoms with E-state index in [4.69, 9.17) is 9.47 Å². The van der Waals surface area contributed by atoms with Crippen LogP contribution in [0.15, 0.2) is 18.2 Å². The first-order chi connectivity index (χ1) is 12.2.